The third-order valence-corrected chi connectivity index (χ3v) is 5.13. The molecule has 1 aliphatic heterocycles. The molecule has 1 aliphatic rings. The number of piperidine rings is 1. The minimum absolute atomic E-state index is 0.0158. The fraction of sp³-hybridized carbons (Fsp3) is 0.619. The summed E-state index contributed by atoms with van der Waals surface area (Å²) in [5.74, 6) is 1.60. The maximum absolute atomic E-state index is 12.7. The van der Waals surface area contributed by atoms with Crippen molar-refractivity contribution < 1.29 is 19.1 Å². The van der Waals surface area contributed by atoms with Crippen LogP contribution >= 0.6 is 0 Å². The molecule has 27 heavy (non-hydrogen) atoms. The molecule has 0 aliphatic carbocycles. The molecule has 1 aromatic carbocycles. The molecule has 1 N–H and O–H groups in total. The molecule has 1 fully saturated rings. The lowest BCUT2D eigenvalue weighted by Gasteiger charge is -2.31. The van der Waals surface area contributed by atoms with Crippen LogP contribution in [0.4, 0.5) is 0 Å². The number of methoxy groups -OCH3 is 2. The van der Waals surface area contributed by atoms with E-state index in [0.29, 0.717) is 24.6 Å². The summed E-state index contributed by atoms with van der Waals surface area (Å²) in [5, 5.41) is 3.03. The zero-order chi connectivity index (χ0) is 19.6. The molecule has 2 rings (SSSR count). The number of likely N-dealkylation sites (tertiary alicyclic amines) is 1. The lowest BCUT2D eigenvalue weighted by atomic mass is 9.95. The first-order valence-corrected chi connectivity index (χ1v) is 9.85. The van der Waals surface area contributed by atoms with Gasteiger partial charge in [0.25, 0.3) is 0 Å². The molecule has 0 radical (unpaired) electrons. The standard InChI is InChI=1S/C21H32N2O4/c1-4-5-6-11-22-21(25)16-9-12-23(13-10-16)20(24)15-17-14-18(26-2)7-8-19(17)27-3/h7-8,14,16H,4-6,9-13,15H2,1-3H3,(H,22,25). The number of nitrogens with one attached hydrogen (secondary N) is 1. The van der Waals surface area contributed by atoms with Crippen molar-refractivity contribution in [2.45, 2.75) is 45.4 Å². The van der Waals surface area contributed by atoms with Gasteiger partial charge in [-0.3, -0.25) is 9.59 Å². The predicted octanol–water partition coefficient (Wildman–Crippen LogP) is 2.79. The van der Waals surface area contributed by atoms with Crippen molar-refractivity contribution in [1.29, 1.82) is 0 Å². The highest BCUT2D eigenvalue weighted by atomic mass is 16.5. The highest BCUT2D eigenvalue weighted by molar-refractivity contribution is 5.81. The number of carbonyl (C=O) groups excluding carboxylic acids is 2. The van der Waals surface area contributed by atoms with Gasteiger partial charge in [0.15, 0.2) is 0 Å². The monoisotopic (exact) mass is 376 g/mol. The third-order valence-electron chi connectivity index (χ3n) is 5.13. The van der Waals surface area contributed by atoms with Gasteiger partial charge >= 0.3 is 0 Å². The van der Waals surface area contributed by atoms with E-state index in [1.807, 2.05) is 23.1 Å². The highest BCUT2D eigenvalue weighted by Crippen LogP contribution is 2.26. The summed E-state index contributed by atoms with van der Waals surface area (Å²) in [6, 6.07) is 5.47. The second kappa shape index (κ2) is 10.8. The van der Waals surface area contributed by atoms with Crippen LogP contribution in [-0.4, -0.2) is 50.6 Å². The van der Waals surface area contributed by atoms with Crippen LogP contribution in [0.25, 0.3) is 0 Å². The fourth-order valence-electron chi connectivity index (χ4n) is 3.42. The van der Waals surface area contributed by atoms with Crippen LogP contribution in [0.2, 0.25) is 0 Å². The Labute approximate surface area is 162 Å². The molecule has 150 valence electrons. The van der Waals surface area contributed by atoms with Crippen molar-refractivity contribution >= 4 is 11.8 Å². The second-order valence-corrected chi connectivity index (χ2v) is 7.01. The second-order valence-electron chi connectivity index (χ2n) is 7.01. The van der Waals surface area contributed by atoms with Gasteiger partial charge in [0.05, 0.1) is 20.6 Å². The van der Waals surface area contributed by atoms with Crippen molar-refractivity contribution in [2.24, 2.45) is 5.92 Å². The summed E-state index contributed by atoms with van der Waals surface area (Å²) < 4.78 is 10.6. The van der Waals surface area contributed by atoms with Gasteiger partial charge in [0.1, 0.15) is 11.5 Å². The van der Waals surface area contributed by atoms with E-state index in [-0.39, 0.29) is 24.2 Å². The van der Waals surface area contributed by atoms with Gasteiger partial charge in [0, 0.05) is 31.1 Å². The normalized spacial score (nSPS) is 14.7. The molecule has 6 heteroatoms. The Balaban J connectivity index is 1.84. The minimum atomic E-state index is 0.0158. The van der Waals surface area contributed by atoms with Crippen LogP contribution in [0.5, 0.6) is 11.5 Å². The number of benzene rings is 1. The Morgan fingerprint density at radius 3 is 2.52 bits per heavy atom. The fourth-order valence-corrected chi connectivity index (χ4v) is 3.42. The van der Waals surface area contributed by atoms with E-state index in [0.717, 1.165) is 44.2 Å². The third kappa shape index (κ3) is 6.15. The van der Waals surface area contributed by atoms with Crippen LogP contribution in [0.3, 0.4) is 0 Å². The zero-order valence-electron chi connectivity index (χ0n) is 16.8. The van der Waals surface area contributed by atoms with Gasteiger partial charge in [-0.05, 0) is 37.5 Å². The number of amides is 2. The van der Waals surface area contributed by atoms with Gasteiger partial charge in [-0.1, -0.05) is 19.8 Å². The number of carbonyl (C=O) groups is 2. The Hall–Kier alpha value is -2.24. The van der Waals surface area contributed by atoms with E-state index < -0.39 is 0 Å². The average Bonchev–Trinajstić information content (AvgIpc) is 2.71. The van der Waals surface area contributed by atoms with Crippen molar-refractivity contribution in [3.8, 4) is 11.5 Å². The van der Waals surface area contributed by atoms with E-state index in [1.165, 1.54) is 0 Å². The predicted molar refractivity (Wildman–Crippen MR) is 105 cm³/mol. The van der Waals surface area contributed by atoms with Crippen LogP contribution in [-0.2, 0) is 16.0 Å². The molecule has 2 amide bonds. The topological polar surface area (TPSA) is 67.9 Å². The number of ether oxygens (including phenoxy) is 2. The van der Waals surface area contributed by atoms with Crippen LogP contribution in [0.15, 0.2) is 18.2 Å². The lowest BCUT2D eigenvalue weighted by Crippen LogP contribution is -2.43. The lowest BCUT2D eigenvalue weighted by molar-refractivity contribution is -0.135. The molecule has 0 saturated carbocycles. The first-order chi connectivity index (χ1) is 13.1. The highest BCUT2D eigenvalue weighted by Gasteiger charge is 2.27. The molecular formula is C21H32N2O4. The molecule has 6 nitrogen and oxygen atoms in total. The summed E-state index contributed by atoms with van der Waals surface area (Å²) >= 11 is 0. The molecule has 0 atom stereocenters. The maximum atomic E-state index is 12.7. The first-order valence-electron chi connectivity index (χ1n) is 9.85. The van der Waals surface area contributed by atoms with Gasteiger partial charge in [0.2, 0.25) is 11.8 Å². The number of unbranched alkanes of at least 4 members (excludes halogenated alkanes) is 2. The minimum Gasteiger partial charge on any atom is -0.497 e. The van der Waals surface area contributed by atoms with Gasteiger partial charge in [-0.25, -0.2) is 0 Å². The van der Waals surface area contributed by atoms with Gasteiger partial charge in [-0.15, -0.1) is 0 Å². The van der Waals surface area contributed by atoms with E-state index in [9.17, 15) is 9.59 Å². The summed E-state index contributed by atoms with van der Waals surface area (Å²) in [4.78, 5) is 26.8. The smallest absolute Gasteiger partial charge is 0.227 e. The Morgan fingerprint density at radius 2 is 1.89 bits per heavy atom. The molecule has 0 aromatic heterocycles. The van der Waals surface area contributed by atoms with Crippen molar-refractivity contribution in [3.05, 3.63) is 23.8 Å². The van der Waals surface area contributed by atoms with E-state index in [4.69, 9.17) is 9.47 Å². The zero-order valence-corrected chi connectivity index (χ0v) is 16.8. The van der Waals surface area contributed by atoms with Crippen molar-refractivity contribution in [3.63, 3.8) is 0 Å². The molecule has 0 spiro atoms. The van der Waals surface area contributed by atoms with E-state index in [2.05, 4.69) is 12.2 Å². The number of hydrogen-bond donors (Lipinski definition) is 1. The van der Waals surface area contributed by atoms with Crippen LogP contribution in [0, 0.1) is 5.92 Å². The molecule has 0 unspecified atom stereocenters. The van der Waals surface area contributed by atoms with Crippen LogP contribution in [0.1, 0.15) is 44.6 Å². The molecule has 1 heterocycles. The number of hydrogen-bond acceptors (Lipinski definition) is 4. The SMILES string of the molecule is CCCCCNC(=O)C1CCN(C(=O)Cc2cc(OC)ccc2OC)CC1. The Kier molecular flexibility index (Phi) is 8.43. The molecule has 1 aromatic rings. The first kappa shape index (κ1) is 21.1. The van der Waals surface area contributed by atoms with Crippen LogP contribution < -0.4 is 14.8 Å². The summed E-state index contributed by atoms with van der Waals surface area (Å²) in [6.07, 6.45) is 5.03. The number of nitrogens with zero attached hydrogens (tertiary/aromatic N) is 1. The van der Waals surface area contributed by atoms with Gasteiger partial charge in [-0.2, -0.15) is 0 Å². The van der Waals surface area contributed by atoms with Crippen molar-refractivity contribution in [2.75, 3.05) is 33.9 Å². The van der Waals surface area contributed by atoms with Gasteiger partial charge < -0.3 is 19.7 Å². The van der Waals surface area contributed by atoms with Crippen molar-refractivity contribution in [1.82, 2.24) is 10.2 Å². The Bertz CT molecular complexity index is 625. The summed E-state index contributed by atoms with van der Waals surface area (Å²) in [5.41, 5.74) is 0.817. The van der Waals surface area contributed by atoms with E-state index >= 15 is 0 Å². The molecule has 0 bridgehead atoms. The Morgan fingerprint density at radius 1 is 1.15 bits per heavy atom. The largest absolute Gasteiger partial charge is 0.497 e. The molecule has 1 saturated heterocycles. The quantitative estimate of drug-likeness (QED) is 0.673. The molecular weight excluding hydrogens is 344 g/mol. The number of rotatable bonds is 9. The summed E-state index contributed by atoms with van der Waals surface area (Å²) in [6.45, 7) is 4.15. The maximum Gasteiger partial charge on any atom is 0.227 e. The average molecular weight is 376 g/mol. The van der Waals surface area contributed by atoms with E-state index in [1.54, 1.807) is 14.2 Å². The summed E-state index contributed by atoms with van der Waals surface area (Å²) in [7, 11) is 3.20.